The van der Waals surface area contributed by atoms with Gasteiger partial charge in [-0.25, -0.2) is 0 Å². The van der Waals surface area contributed by atoms with Gasteiger partial charge in [-0.15, -0.1) is 0 Å². The van der Waals surface area contributed by atoms with Gasteiger partial charge in [0.1, 0.15) is 13.2 Å². The van der Waals surface area contributed by atoms with Crippen LogP contribution in [-0.4, -0.2) is 36.1 Å². The molecule has 5 rings (SSSR count). The van der Waals surface area contributed by atoms with Crippen molar-refractivity contribution in [1.82, 2.24) is 15.5 Å². The number of nitrogens with zero attached hydrogens (tertiary/aromatic N) is 1. The first-order valence-electron chi connectivity index (χ1n) is 9.33. The molecule has 1 amide bonds. The maximum absolute atomic E-state index is 12.9. The minimum Gasteiger partial charge on any atom is -0.486 e. The molecule has 2 aromatic carbocycles. The summed E-state index contributed by atoms with van der Waals surface area (Å²) in [6, 6.07) is 11.0. The van der Waals surface area contributed by atoms with Crippen LogP contribution in [0.2, 0.25) is 0 Å². The summed E-state index contributed by atoms with van der Waals surface area (Å²) in [6.07, 6.45) is 1.52. The van der Waals surface area contributed by atoms with E-state index in [2.05, 4.69) is 15.5 Å². The van der Waals surface area contributed by atoms with Crippen LogP contribution in [0.3, 0.4) is 0 Å². The summed E-state index contributed by atoms with van der Waals surface area (Å²) >= 11 is 0. The van der Waals surface area contributed by atoms with Gasteiger partial charge >= 0.3 is 0 Å². The van der Waals surface area contributed by atoms with E-state index in [1.807, 2.05) is 43.3 Å². The SMILES string of the molecule is CC(NC(=O)c1cn[nH]c1-c1ccc2c(c1)OCCO2)c1ccc2c(c1)OCO2. The minimum absolute atomic E-state index is 0.216. The van der Waals surface area contributed by atoms with Gasteiger partial charge in [-0.05, 0) is 42.8 Å². The zero-order valence-electron chi connectivity index (χ0n) is 15.7. The first-order valence-corrected chi connectivity index (χ1v) is 9.33. The Morgan fingerprint density at radius 1 is 1.00 bits per heavy atom. The van der Waals surface area contributed by atoms with Gasteiger partial charge in [0.15, 0.2) is 23.0 Å². The number of fused-ring (bicyclic) bond motifs is 2. The summed E-state index contributed by atoms with van der Waals surface area (Å²) in [4.78, 5) is 12.9. The Balaban J connectivity index is 1.37. The summed E-state index contributed by atoms with van der Waals surface area (Å²) in [7, 11) is 0. The Bertz CT molecular complexity index is 1080. The first kappa shape index (κ1) is 17.4. The summed E-state index contributed by atoms with van der Waals surface area (Å²) in [5.41, 5.74) is 2.80. The maximum atomic E-state index is 12.9. The number of benzene rings is 2. The molecule has 0 saturated heterocycles. The molecule has 3 aromatic rings. The van der Waals surface area contributed by atoms with Crippen LogP contribution in [0, 0.1) is 0 Å². The Hall–Kier alpha value is -3.68. The highest BCUT2D eigenvalue weighted by Crippen LogP contribution is 2.36. The van der Waals surface area contributed by atoms with Gasteiger partial charge < -0.3 is 24.3 Å². The summed E-state index contributed by atoms with van der Waals surface area (Å²) in [5, 5.41) is 9.99. The fraction of sp³-hybridized carbons (Fsp3) is 0.238. The number of hydrogen-bond acceptors (Lipinski definition) is 6. The Morgan fingerprint density at radius 3 is 2.62 bits per heavy atom. The maximum Gasteiger partial charge on any atom is 0.255 e. The van der Waals surface area contributed by atoms with Crippen LogP contribution in [-0.2, 0) is 0 Å². The lowest BCUT2D eigenvalue weighted by Gasteiger charge is -2.19. The lowest BCUT2D eigenvalue weighted by molar-refractivity contribution is 0.0940. The number of amides is 1. The molecular formula is C21H19N3O5. The molecule has 2 aliphatic rings. The van der Waals surface area contributed by atoms with E-state index in [1.165, 1.54) is 6.20 Å². The molecule has 2 N–H and O–H groups in total. The number of aromatic amines is 1. The van der Waals surface area contributed by atoms with Gasteiger partial charge in [-0.2, -0.15) is 5.10 Å². The molecule has 1 atom stereocenters. The zero-order chi connectivity index (χ0) is 19.8. The molecule has 2 aliphatic heterocycles. The average Bonchev–Trinajstić information content (AvgIpc) is 3.42. The predicted octanol–water partition coefficient (Wildman–Crippen LogP) is 3.07. The van der Waals surface area contributed by atoms with Crippen LogP contribution in [0.5, 0.6) is 23.0 Å². The van der Waals surface area contributed by atoms with Crippen LogP contribution >= 0.6 is 0 Å². The molecule has 0 saturated carbocycles. The molecule has 0 bridgehead atoms. The second-order valence-electron chi connectivity index (χ2n) is 6.82. The van der Waals surface area contributed by atoms with Crippen LogP contribution in [0.4, 0.5) is 0 Å². The van der Waals surface area contributed by atoms with Crippen molar-refractivity contribution in [3.63, 3.8) is 0 Å². The highest BCUT2D eigenvalue weighted by Gasteiger charge is 2.21. The van der Waals surface area contributed by atoms with Gasteiger partial charge in [0.2, 0.25) is 6.79 Å². The third-order valence-electron chi connectivity index (χ3n) is 4.96. The first-order chi connectivity index (χ1) is 14.2. The molecule has 0 radical (unpaired) electrons. The third-order valence-corrected chi connectivity index (χ3v) is 4.96. The predicted molar refractivity (Wildman–Crippen MR) is 103 cm³/mol. The fourth-order valence-corrected chi connectivity index (χ4v) is 3.42. The third kappa shape index (κ3) is 3.22. The minimum atomic E-state index is -0.228. The van der Waals surface area contributed by atoms with Gasteiger partial charge in [0, 0.05) is 5.56 Å². The second kappa shape index (κ2) is 7.05. The monoisotopic (exact) mass is 393 g/mol. The molecule has 0 fully saturated rings. The van der Waals surface area contributed by atoms with Crippen molar-refractivity contribution in [2.75, 3.05) is 20.0 Å². The van der Waals surface area contributed by atoms with E-state index in [-0.39, 0.29) is 18.7 Å². The number of hydrogen-bond donors (Lipinski definition) is 2. The summed E-state index contributed by atoms with van der Waals surface area (Å²) in [6.45, 7) is 3.16. The Kier molecular flexibility index (Phi) is 4.23. The van der Waals surface area contributed by atoms with Crippen molar-refractivity contribution < 1.29 is 23.7 Å². The second-order valence-corrected chi connectivity index (χ2v) is 6.82. The topological polar surface area (TPSA) is 94.7 Å². The zero-order valence-corrected chi connectivity index (χ0v) is 15.7. The molecule has 8 heteroatoms. The van der Waals surface area contributed by atoms with Crippen LogP contribution < -0.4 is 24.3 Å². The van der Waals surface area contributed by atoms with Crippen molar-refractivity contribution in [3.05, 3.63) is 53.7 Å². The van der Waals surface area contributed by atoms with Crippen molar-refractivity contribution in [2.24, 2.45) is 0 Å². The van der Waals surface area contributed by atoms with Crippen molar-refractivity contribution >= 4 is 5.91 Å². The molecule has 0 aliphatic carbocycles. The quantitative estimate of drug-likeness (QED) is 0.707. The average molecular weight is 393 g/mol. The highest BCUT2D eigenvalue weighted by molar-refractivity contribution is 6.00. The number of rotatable bonds is 4. The lowest BCUT2D eigenvalue weighted by Crippen LogP contribution is -2.26. The van der Waals surface area contributed by atoms with Crippen molar-refractivity contribution in [1.29, 1.82) is 0 Å². The number of nitrogens with one attached hydrogen (secondary N) is 2. The van der Waals surface area contributed by atoms with Gasteiger partial charge in [0.05, 0.1) is 23.5 Å². The largest absolute Gasteiger partial charge is 0.486 e. The van der Waals surface area contributed by atoms with E-state index in [0.29, 0.717) is 47.5 Å². The lowest BCUT2D eigenvalue weighted by atomic mass is 10.0. The van der Waals surface area contributed by atoms with E-state index in [1.54, 1.807) is 0 Å². The molecule has 148 valence electrons. The molecular weight excluding hydrogens is 374 g/mol. The van der Waals surface area contributed by atoms with E-state index in [0.717, 1.165) is 11.1 Å². The highest BCUT2D eigenvalue weighted by atomic mass is 16.7. The van der Waals surface area contributed by atoms with Gasteiger partial charge in [0.25, 0.3) is 5.91 Å². The van der Waals surface area contributed by atoms with E-state index >= 15 is 0 Å². The molecule has 0 spiro atoms. The van der Waals surface area contributed by atoms with Gasteiger partial charge in [-0.3, -0.25) is 9.89 Å². The van der Waals surface area contributed by atoms with Crippen molar-refractivity contribution in [3.8, 4) is 34.3 Å². The molecule has 29 heavy (non-hydrogen) atoms. The number of H-pyrrole nitrogens is 1. The number of carbonyl (C=O) groups is 1. The number of aromatic nitrogens is 2. The van der Waals surface area contributed by atoms with E-state index in [4.69, 9.17) is 18.9 Å². The van der Waals surface area contributed by atoms with Crippen LogP contribution in [0.1, 0.15) is 28.9 Å². The Morgan fingerprint density at radius 2 is 1.72 bits per heavy atom. The standard InChI is InChI=1S/C21H19N3O5/c1-12(13-2-4-17-19(8-13)29-11-28-17)23-21(25)15-10-22-24-20(15)14-3-5-16-18(9-14)27-7-6-26-16/h2-5,8-10,12H,6-7,11H2,1H3,(H,22,24)(H,23,25). The normalized spacial score (nSPS) is 15.1. The molecule has 8 nitrogen and oxygen atoms in total. The smallest absolute Gasteiger partial charge is 0.255 e. The fourth-order valence-electron chi connectivity index (χ4n) is 3.42. The molecule has 3 heterocycles. The van der Waals surface area contributed by atoms with E-state index < -0.39 is 0 Å². The van der Waals surface area contributed by atoms with Crippen molar-refractivity contribution in [2.45, 2.75) is 13.0 Å². The van der Waals surface area contributed by atoms with E-state index in [9.17, 15) is 4.79 Å². The number of ether oxygens (including phenoxy) is 4. The summed E-state index contributed by atoms with van der Waals surface area (Å²) < 4.78 is 22.0. The number of carbonyl (C=O) groups excluding carboxylic acids is 1. The summed E-state index contributed by atoms with van der Waals surface area (Å²) in [5.74, 6) is 2.52. The molecule has 1 unspecified atom stereocenters. The Labute approximate surface area is 166 Å². The van der Waals surface area contributed by atoms with Crippen LogP contribution in [0.15, 0.2) is 42.6 Å². The van der Waals surface area contributed by atoms with Crippen LogP contribution in [0.25, 0.3) is 11.3 Å². The molecule has 1 aromatic heterocycles. The van der Waals surface area contributed by atoms with Gasteiger partial charge in [-0.1, -0.05) is 6.07 Å².